The zero-order valence-electron chi connectivity index (χ0n) is 17.6. The Bertz CT molecular complexity index is 1390. The average molecular weight is 592 g/mol. The molecule has 4 rings (SSSR count). The number of nitrogens with zero attached hydrogens (tertiary/aromatic N) is 1. The number of anilines is 1. The van der Waals surface area contributed by atoms with E-state index in [1.165, 1.54) is 6.07 Å². The van der Waals surface area contributed by atoms with Crippen molar-refractivity contribution in [2.45, 2.75) is 19.8 Å². The molecular formula is C24H19ClIN3O3S. The van der Waals surface area contributed by atoms with Gasteiger partial charge in [0, 0.05) is 15.3 Å². The second-order valence-corrected chi connectivity index (χ2v) is 9.73. The first-order valence-electron chi connectivity index (χ1n) is 10.0. The van der Waals surface area contributed by atoms with Crippen molar-refractivity contribution in [1.82, 2.24) is 10.3 Å². The Morgan fingerprint density at radius 2 is 1.94 bits per heavy atom. The van der Waals surface area contributed by atoms with Crippen molar-refractivity contribution in [3.05, 3.63) is 74.3 Å². The molecule has 0 unspecified atom stereocenters. The number of fused-ring (bicyclic) bond motifs is 1. The van der Waals surface area contributed by atoms with Gasteiger partial charge in [-0.2, -0.15) is 0 Å². The van der Waals surface area contributed by atoms with Crippen molar-refractivity contribution in [2.24, 2.45) is 0 Å². The Kier molecular flexibility index (Phi) is 6.87. The largest absolute Gasteiger partial charge is 0.507 e. The Labute approximate surface area is 214 Å². The smallest absolute Gasteiger partial charge is 0.258 e. The number of aromatic hydroxyl groups is 1. The second kappa shape index (κ2) is 9.66. The van der Waals surface area contributed by atoms with Gasteiger partial charge in [0.1, 0.15) is 11.3 Å². The Morgan fingerprint density at radius 1 is 1.15 bits per heavy atom. The number of amides is 1. The zero-order chi connectivity index (χ0) is 23.7. The number of carbonyl (C=O) groups is 1. The molecule has 0 atom stereocenters. The van der Waals surface area contributed by atoms with Gasteiger partial charge in [-0.3, -0.25) is 10.1 Å². The number of phenols is 1. The lowest BCUT2D eigenvalue weighted by molar-refractivity contribution is 0.0978. The van der Waals surface area contributed by atoms with Crippen molar-refractivity contribution in [3.8, 4) is 17.2 Å². The molecule has 1 heterocycles. The fourth-order valence-corrected chi connectivity index (χ4v) is 4.12. The number of nitrogens with one attached hydrogen (secondary N) is 2. The van der Waals surface area contributed by atoms with E-state index in [4.69, 9.17) is 28.2 Å². The molecule has 0 saturated carbocycles. The van der Waals surface area contributed by atoms with Crippen molar-refractivity contribution >= 4 is 74.2 Å². The molecule has 0 saturated heterocycles. The van der Waals surface area contributed by atoms with Crippen LogP contribution in [0, 0.1) is 3.57 Å². The minimum atomic E-state index is -0.427. The molecule has 9 heteroatoms. The van der Waals surface area contributed by atoms with Crippen LogP contribution in [0.15, 0.2) is 59.0 Å². The second-order valence-electron chi connectivity index (χ2n) is 7.67. The van der Waals surface area contributed by atoms with Gasteiger partial charge in [-0.1, -0.05) is 31.5 Å². The summed E-state index contributed by atoms with van der Waals surface area (Å²) in [4.78, 5) is 17.0. The van der Waals surface area contributed by atoms with Crippen LogP contribution in [0.1, 0.15) is 35.7 Å². The number of hydrogen-bond donors (Lipinski definition) is 3. The van der Waals surface area contributed by atoms with E-state index < -0.39 is 5.91 Å². The van der Waals surface area contributed by atoms with Crippen LogP contribution in [-0.2, 0) is 0 Å². The lowest BCUT2D eigenvalue weighted by Crippen LogP contribution is -2.34. The van der Waals surface area contributed by atoms with Gasteiger partial charge in [-0.15, -0.1) is 0 Å². The van der Waals surface area contributed by atoms with Crippen LogP contribution >= 0.6 is 46.4 Å². The maximum Gasteiger partial charge on any atom is 0.258 e. The van der Waals surface area contributed by atoms with E-state index >= 15 is 0 Å². The molecule has 168 valence electrons. The molecule has 0 radical (unpaired) electrons. The van der Waals surface area contributed by atoms with E-state index in [0.717, 1.165) is 14.7 Å². The molecule has 3 aromatic carbocycles. The SMILES string of the molecule is CC(C)c1ccc2oc(-c3ccc(NC(=S)NC(=O)c4cc(I)ccc4Cl)cc3O)nc2c1. The summed E-state index contributed by atoms with van der Waals surface area (Å²) in [6.07, 6.45) is 0. The molecule has 33 heavy (non-hydrogen) atoms. The van der Waals surface area contributed by atoms with Gasteiger partial charge >= 0.3 is 0 Å². The zero-order valence-corrected chi connectivity index (χ0v) is 21.4. The van der Waals surface area contributed by atoms with Crippen LogP contribution in [0.5, 0.6) is 5.75 Å². The Morgan fingerprint density at radius 3 is 2.67 bits per heavy atom. The lowest BCUT2D eigenvalue weighted by atomic mass is 10.0. The highest BCUT2D eigenvalue weighted by atomic mass is 127. The molecule has 3 N–H and O–H groups in total. The van der Waals surface area contributed by atoms with Gasteiger partial charge in [0.05, 0.1) is 16.1 Å². The molecule has 0 bridgehead atoms. The van der Waals surface area contributed by atoms with Gasteiger partial charge < -0.3 is 14.8 Å². The predicted octanol–water partition coefficient (Wildman–Crippen LogP) is 6.71. The first-order valence-corrected chi connectivity index (χ1v) is 11.9. The van der Waals surface area contributed by atoms with E-state index in [-0.39, 0.29) is 10.9 Å². The quantitative estimate of drug-likeness (QED) is 0.181. The minimum absolute atomic E-state index is 0.0366. The van der Waals surface area contributed by atoms with Crippen LogP contribution in [-0.4, -0.2) is 21.1 Å². The number of carbonyl (C=O) groups excluding carboxylic acids is 1. The van der Waals surface area contributed by atoms with Crippen molar-refractivity contribution in [1.29, 1.82) is 0 Å². The highest BCUT2D eigenvalue weighted by molar-refractivity contribution is 14.1. The van der Waals surface area contributed by atoms with Crippen LogP contribution in [0.3, 0.4) is 0 Å². The Balaban J connectivity index is 1.49. The topological polar surface area (TPSA) is 87.4 Å². The molecular weight excluding hydrogens is 573 g/mol. The molecule has 1 amide bonds. The highest BCUT2D eigenvalue weighted by Crippen LogP contribution is 2.33. The summed E-state index contributed by atoms with van der Waals surface area (Å²) >= 11 is 13.4. The number of hydrogen-bond acceptors (Lipinski definition) is 5. The maximum atomic E-state index is 12.5. The lowest BCUT2D eigenvalue weighted by Gasteiger charge is -2.11. The predicted molar refractivity (Wildman–Crippen MR) is 143 cm³/mol. The third kappa shape index (κ3) is 5.29. The van der Waals surface area contributed by atoms with Crippen LogP contribution in [0.4, 0.5) is 5.69 Å². The maximum absolute atomic E-state index is 12.5. The van der Waals surface area contributed by atoms with Crippen LogP contribution < -0.4 is 10.6 Å². The molecule has 0 aliphatic carbocycles. The van der Waals surface area contributed by atoms with E-state index in [0.29, 0.717) is 39.2 Å². The molecule has 0 spiro atoms. The molecule has 6 nitrogen and oxygen atoms in total. The third-order valence-corrected chi connectivity index (χ3v) is 6.17. The summed E-state index contributed by atoms with van der Waals surface area (Å²) in [5, 5.41) is 16.4. The molecule has 0 aliphatic rings. The third-order valence-electron chi connectivity index (χ3n) is 4.96. The van der Waals surface area contributed by atoms with Crippen molar-refractivity contribution in [2.75, 3.05) is 5.32 Å². The highest BCUT2D eigenvalue weighted by Gasteiger charge is 2.16. The molecule has 4 aromatic rings. The normalized spacial score (nSPS) is 11.1. The number of aromatic nitrogens is 1. The number of benzene rings is 3. The van der Waals surface area contributed by atoms with E-state index in [2.05, 4.69) is 52.1 Å². The van der Waals surface area contributed by atoms with Crippen molar-refractivity contribution < 1.29 is 14.3 Å². The van der Waals surface area contributed by atoms with Crippen LogP contribution in [0.2, 0.25) is 5.02 Å². The summed E-state index contributed by atoms with van der Waals surface area (Å²) in [6.45, 7) is 4.23. The number of rotatable bonds is 4. The first kappa shape index (κ1) is 23.5. The summed E-state index contributed by atoms with van der Waals surface area (Å²) in [5.41, 5.74) is 3.80. The summed E-state index contributed by atoms with van der Waals surface area (Å²) in [6, 6.07) is 15.9. The fraction of sp³-hybridized carbons (Fsp3) is 0.125. The summed E-state index contributed by atoms with van der Waals surface area (Å²) in [7, 11) is 0. The number of thiocarbonyl (C=S) groups is 1. The number of phenolic OH excluding ortho intramolecular Hbond substituents is 1. The number of halogens is 2. The van der Waals surface area contributed by atoms with Gasteiger partial charge in [-0.05, 0) is 88.8 Å². The van der Waals surface area contributed by atoms with Gasteiger partial charge in [-0.25, -0.2) is 4.98 Å². The Hall–Kier alpha value is -2.69. The van der Waals surface area contributed by atoms with E-state index in [1.807, 2.05) is 18.2 Å². The minimum Gasteiger partial charge on any atom is -0.507 e. The van der Waals surface area contributed by atoms with E-state index in [9.17, 15) is 9.90 Å². The molecule has 1 aromatic heterocycles. The van der Waals surface area contributed by atoms with E-state index in [1.54, 1.807) is 30.3 Å². The first-order chi connectivity index (χ1) is 15.7. The summed E-state index contributed by atoms with van der Waals surface area (Å²) in [5.74, 6) is 0.230. The van der Waals surface area contributed by atoms with Crippen molar-refractivity contribution in [3.63, 3.8) is 0 Å². The molecule has 0 fully saturated rings. The molecule has 0 aliphatic heterocycles. The monoisotopic (exact) mass is 591 g/mol. The summed E-state index contributed by atoms with van der Waals surface area (Å²) < 4.78 is 6.70. The standard InChI is InChI=1S/C24H19ClIN3O3S/c1-12(2)13-3-8-21-19(9-13)28-23(32-21)16-6-5-15(11-20(16)30)27-24(33)29-22(31)17-10-14(26)4-7-18(17)25/h3-12,30H,1-2H3,(H2,27,29,31,33). The van der Waals surface area contributed by atoms with Gasteiger partial charge in [0.2, 0.25) is 5.89 Å². The number of oxazole rings is 1. The van der Waals surface area contributed by atoms with Gasteiger partial charge in [0.25, 0.3) is 5.91 Å². The van der Waals surface area contributed by atoms with Crippen LogP contribution in [0.25, 0.3) is 22.6 Å². The average Bonchev–Trinajstić information content (AvgIpc) is 3.18. The van der Waals surface area contributed by atoms with Gasteiger partial charge in [0.15, 0.2) is 10.7 Å². The fourth-order valence-electron chi connectivity index (χ4n) is 3.21.